The highest BCUT2D eigenvalue weighted by Crippen LogP contribution is 2.49. The lowest BCUT2D eigenvalue weighted by atomic mass is 9.95. The molecule has 0 saturated heterocycles. The number of rotatable bonds is 3. The van der Waals surface area contributed by atoms with E-state index in [-0.39, 0.29) is 18.8 Å². The zero-order chi connectivity index (χ0) is 13.6. The van der Waals surface area contributed by atoms with Gasteiger partial charge in [0.1, 0.15) is 23.7 Å². The Hall–Kier alpha value is -0.740. The van der Waals surface area contributed by atoms with Gasteiger partial charge in [-0.25, -0.2) is 0 Å². The van der Waals surface area contributed by atoms with Crippen molar-refractivity contribution < 1.29 is 14.6 Å². The summed E-state index contributed by atoms with van der Waals surface area (Å²) in [4.78, 5) is 0. The topological polar surface area (TPSA) is 38.7 Å². The van der Waals surface area contributed by atoms with Crippen LogP contribution in [-0.4, -0.2) is 23.9 Å². The van der Waals surface area contributed by atoms with Crippen molar-refractivity contribution in [1.82, 2.24) is 0 Å². The minimum Gasteiger partial charge on any atom is -0.490 e. The van der Waals surface area contributed by atoms with Gasteiger partial charge in [-0.15, -0.1) is 0 Å². The van der Waals surface area contributed by atoms with E-state index in [9.17, 15) is 0 Å². The lowest BCUT2D eigenvalue weighted by Gasteiger charge is -2.15. The van der Waals surface area contributed by atoms with Crippen molar-refractivity contribution in [1.29, 1.82) is 0 Å². The van der Waals surface area contributed by atoms with Gasteiger partial charge in [-0.05, 0) is 42.6 Å². The lowest BCUT2D eigenvalue weighted by Crippen LogP contribution is -2.08. The molecular formula is C15H19BrO3. The minimum absolute atomic E-state index is 0.214. The molecule has 1 aromatic carbocycles. The number of halogens is 1. The van der Waals surface area contributed by atoms with E-state index < -0.39 is 0 Å². The molecule has 2 heterocycles. The molecule has 0 aromatic heterocycles. The number of aliphatic hydroxyl groups is 1. The van der Waals surface area contributed by atoms with Crippen molar-refractivity contribution in [3.05, 3.63) is 21.2 Å². The molecule has 0 amide bonds. The van der Waals surface area contributed by atoms with Gasteiger partial charge < -0.3 is 14.6 Å². The Bertz CT molecular complexity index is 474. The molecule has 0 aliphatic carbocycles. The van der Waals surface area contributed by atoms with E-state index in [1.807, 2.05) is 0 Å². The van der Waals surface area contributed by atoms with E-state index in [0.29, 0.717) is 0 Å². The van der Waals surface area contributed by atoms with Gasteiger partial charge in [0.15, 0.2) is 0 Å². The fourth-order valence-corrected chi connectivity index (χ4v) is 3.74. The Labute approximate surface area is 122 Å². The molecule has 1 aromatic rings. The molecule has 1 N–H and O–H groups in total. The first-order chi connectivity index (χ1) is 9.11. The third-order valence-electron chi connectivity index (χ3n) is 3.86. The number of aliphatic hydroxyl groups excluding tert-OH is 1. The van der Waals surface area contributed by atoms with E-state index in [2.05, 4.69) is 29.8 Å². The zero-order valence-electron chi connectivity index (χ0n) is 11.3. The van der Waals surface area contributed by atoms with Gasteiger partial charge in [-0.1, -0.05) is 0 Å². The highest BCUT2D eigenvalue weighted by molar-refractivity contribution is 9.10. The molecule has 0 saturated carbocycles. The van der Waals surface area contributed by atoms with E-state index in [4.69, 9.17) is 14.6 Å². The van der Waals surface area contributed by atoms with Crippen LogP contribution < -0.4 is 9.47 Å². The van der Waals surface area contributed by atoms with Crippen LogP contribution in [0.1, 0.15) is 37.0 Å². The maximum absolute atomic E-state index is 9.10. The molecule has 4 heteroatoms. The molecular weight excluding hydrogens is 308 g/mol. The average molecular weight is 327 g/mol. The molecule has 3 rings (SSSR count). The van der Waals surface area contributed by atoms with Gasteiger partial charge in [0.25, 0.3) is 0 Å². The number of ether oxygens (including phenoxy) is 2. The summed E-state index contributed by atoms with van der Waals surface area (Å²) in [7, 11) is 0. The highest BCUT2D eigenvalue weighted by Gasteiger charge is 2.34. The van der Waals surface area contributed by atoms with Crippen LogP contribution in [0.15, 0.2) is 4.47 Å². The van der Waals surface area contributed by atoms with Crippen LogP contribution in [0.2, 0.25) is 0 Å². The summed E-state index contributed by atoms with van der Waals surface area (Å²) in [6, 6.07) is 0. The van der Waals surface area contributed by atoms with Gasteiger partial charge in [0.2, 0.25) is 0 Å². The molecule has 19 heavy (non-hydrogen) atoms. The Morgan fingerprint density at radius 3 is 2.42 bits per heavy atom. The van der Waals surface area contributed by atoms with E-state index in [1.54, 1.807) is 0 Å². The standard InChI is InChI=1S/C15H19BrO3/c1-8-6-11-10(4-3-5-17)14-12(7-9(2)18-14)13(16)15(11)19-8/h8-9,17H,3-7H2,1-2H3. The summed E-state index contributed by atoms with van der Waals surface area (Å²) < 4.78 is 13.0. The monoisotopic (exact) mass is 326 g/mol. The first-order valence-electron chi connectivity index (χ1n) is 6.92. The van der Waals surface area contributed by atoms with Crippen LogP contribution in [0.3, 0.4) is 0 Å². The SMILES string of the molecule is CC1Cc2c(CCCO)c3c(c(Br)c2O1)CC(C)O3. The second-order valence-electron chi connectivity index (χ2n) is 5.50. The fraction of sp³-hybridized carbons (Fsp3) is 0.600. The third kappa shape index (κ3) is 2.15. The molecule has 0 radical (unpaired) electrons. The number of hydrogen-bond acceptors (Lipinski definition) is 3. The number of hydrogen-bond donors (Lipinski definition) is 1. The Balaban J connectivity index is 2.12. The predicted octanol–water partition coefficient (Wildman–Crippen LogP) is 3.02. The fourth-order valence-electron chi connectivity index (χ4n) is 3.07. The number of fused-ring (bicyclic) bond motifs is 2. The summed E-state index contributed by atoms with van der Waals surface area (Å²) in [6.45, 7) is 4.40. The Morgan fingerprint density at radius 2 is 1.74 bits per heavy atom. The van der Waals surface area contributed by atoms with Crippen LogP contribution in [0.25, 0.3) is 0 Å². The van der Waals surface area contributed by atoms with Crippen molar-refractivity contribution in [2.75, 3.05) is 6.61 Å². The Morgan fingerprint density at radius 1 is 1.11 bits per heavy atom. The van der Waals surface area contributed by atoms with Gasteiger partial charge in [-0.2, -0.15) is 0 Å². The van der Waals surface area contributed by atoms with Crippen molar-refractivity contribution in [3.63, 3.8) is 0 Å². The largest absolute Gasteiger partial charge is 0.490 e. The van der Waals surface area contributed by atoms with Crippen molar-refractivity contribution >= 4 is 15.9 Å². The average Bonchev–Trinajstić information content (AvgIpc) is 2.93. The van der Waals surface area contributed by atoms with Crippen LogP contribution in [0, 0.1) is 0 Å². The molecule has 0 spiro atoms. The van der Waals surface area contributed by atoms with E-state index >= 15 is 0 Å². The van der Waals surface area contributed by atoms with Crippen molar-refractivity contribution in [2.24, 2.45) is 0 Å². The smallest absolute Gasteiger partial charge is 0.138 e. The normalized spacial score (nSPS) is 23.8. The number of benzene rings is 1. The van der Waals surface area contributed by atoms with Crippen LogP contribution in [0.4, 0.5) is 0 Å². The summed E-state index contributed by atoms with van der Waals surface area (Å²) in [5.41, 5.74) is 3.74. The summed E-state index contributed by atoms with van der Waals surface area (Å²) in [6.07, 6.45) is 3.93. The summed E-state index contributed by atoms with van der Waals surface area (Å²) in [5.74, 6) is 2.03. The maximum Gasteiger partial charge on any atom is 0.138 e. The van der Waals surface area contributed by atoms with E-state index in [0.717, 1.165) is 41.7 Å². The molecule has 2 atom stereocenters. The Kier molecular flexibility index (Phi) is 3.48. The van der Waals surface area contributed by atoms with Crippen LogP contribution in [-0.2, 0) is 19.3 Å². The molecule has 0 bridgehead atoms. The second kappa shape index (κ2) is 4.98. The van der Waals surface area contributed by atoms with Gasteiger partial charge in [0.05, 0.1) is 4.47 Å². The van der Waals surface area contributed by atoms with E-state index in [1.165, 1.54) is 16.7 Å². The second-order valence-corrected chi connectivity index (χ2v) is 6.29. The third-order valence-corrected chi connectivity index (χ3v) is 4.70. The highest BCUT2D eigenvalue weighted by atomic mass is 79.9. The van der Waals surface area contributed by atoms with Crippen LogP contribution in [0.5, 0.6) is 11.5 Å². The zero-order valence-corrected chi connectivity index (χ0v) is 12.9. The molecule has 2 unspecified atom stereocenters. The molecule has 2 aliphatic heterocycles. The predicted molar refractivity (Wildman–Crippen MR) is 77.1 cm³/mol. The molecule has 2 aliphatic rings. The molecule has 104 valence electrons. The minimum atomic E-state index is 0.214. The first kappa shape index (κ1) is 13.3. The molecule has 3 nitrogen and oxygen atoms in total. The van der Waals surface area contributed by atoms with Crippen molar-refractivity contribution in [2.45, 2.75) is 51.7 Å². The summed E-state index contributed by atoms with van der Waals surface area (Å²) in [5, 5.41) is 9.10. The quantitative estimate of drug-likeness (QED) is 0.927. The van der Waals surface area contributed by atoms with Gasteiger partial charge >= 0.3 is 0 Å². The lowest BCUT2D eigenvalue weighted by molar-refractivity contribution is 0.250. The van der Waals surface area contributed by atoms with Crippen LogP contribution >= 0.6 is 15.9 Å². The van der Waals surface area contributed by atoms with Crippen molar-refractivity contribution in [3.8, 4) is 11.5 Å². The van der Waals surface area contributed by atoms with Gasteiger partial charge in [0, 0.05) is 36.1 Å². The first-order valence-corrected chi connectivity index (χ1v) is 7.71. The summed E-state index contributed by atoms with van der Waals surface area (Å²) >= 11 is 3.69. The maximum atomic E-state index is 9.10. The van der Waals surface area contributed by atoms with Gasteiger partial charge in [-0.3, -0.25) is 0 Å². The molecule has 0 fully saturated rings.